The molecule has 0 N–H and O–H groups in total. The molecule has 1 atom stereocenters. The van der Waals surface area contributed by atoms with Crippen LogP contribution in [-0.2, 0) is 27.3 Å². The number of pyridine rings is 1. The van der Waals surface area contributed by atoms with Crippen LogP contribution in [0.1, 0.15) is 30.6 Å². The highest BCUT2D eigenvalue weighted by Crippen LogP contribution is 2.37. The summed E-state index contributed by atoms with van der Waals surface area (Å²) in [7, 11) is 0. The highest BCUT2D eigenvalue weighted by Gasteiger charge is 2.43. The van der Waals surface area contributed by atoms with E-state index in [1.165, 1.54) is 0 Å². The Hall–Kier alpha value is -2.18. The summed E-state index contributed by atoms with van der Waals surface area (Å²) in [6.07, 6.45) is 8.26. The molecule has 1 amide bonds. The topological polar surface area (TPSA) is 64.8 Å². The summed E-state index contributed by atoms with van der Waals surface area (Å²) < 4.78 is 17.4. The molecule has 2 fully saturated rings. The van der Waals surface area contributed by atoms with Gasteiger partial charge >= 0.3 is 0 Å². The minimum atomic E-state index is -0.138. The second-order valence-electron chi connectivity index (χ2n) is 7.13. The first-order chi connectivity index (χ1) is 12.7. The Bertz CT molecular complexity index is 709. The van der Waals surface area contributed by atoms with E-state index in [4.69, 9.17) is 13.9 Å². The fourth-order valence-electron chi connectivity index (χ4n) is 3.79. The van der Waals surface area contributed by atoms with Crippen molar-refractivity contribution in [2.75, 3.05) is 19.7 Å². The number of carbonyl (C=O) groups is 1. The molecule has 4 rings (SSSR count). The molecule has 0 bridgehead atoms. The molecular weight excluding hydrogens is 332 g/mol. The van der Waals surface area contributed by atoms with Gasteiger partial charge in [0.2, 0.25) is 5.91 Å². The number of furan rings is 1. The van der Waals surface area contributed by atoms with Gasteiger partial charge < -0.3 is 18.8 Å². The van der Waals surface area contributed by atoms with E-state index in [9.17, 15) is 4.79 Å². The minimum absolute atomic E-state index is 0.112. The van der Waals surface area contributed by atoms with Crippen LogP contribution in [0.3, 0.4) is 0 Å². The molecule has 2 aromatic heterocycles. The average molecular weight is 356 g/mol. The summed E-state index contributed by atoms with van der Waals surface area (Å²) in [5, 5.41) is 0. The van der Waals surface area contributed by atoms with Crippen LogP contribution in [0.5, 0.6) is 0 Å². The molecule has 2 aromatic rings. The van der Waals surface area contributed by atoms with Gasteiger partial charge in [0.1, 0.15) is 5.76 Å². The Morgan fingerprint density at radius 3 is 2.92 bits per heavy atom. The summed E-state index contributed by atoms with van der Waals surface area (Å²) in [6, 6.07) is 7.59. The molecule has 0 saturated carbocycles. The molecule has 6 nitrogen and oxygen atoms in total. The largest absolute Gasteiger partial charge is 0.469 e. The van der Waals surface area contributed by atoms with Gasteiger partial charge in [-0.2, -0.15) is 0 Å². The third kappa shape index (κ3) is 3.97. The molecule has 4 heterocycles. The number of nitrogens with zero attached hydrogens (tertiary/aromatic N) is 2. The van der Waals surface area contributed by atoms with E-state index in [-0.39, 0.29) is 17.6 Å². The van der Waals surface area contributed by atoms with Gasteiger partial charge in [0.25, 0.3) is 0 Å². The van der Waals surface area contributed by atoms with E-state index < -0.39 is 0 Å². The van der Waals surface area contributed by atoms with E-state index in [1.807, 2.05) is 35.4 Å². The lowest BCUT2D eigenvalue weighted by molar-refractivity contribution is -0.135. The lowest BCUT2D eigenvalue weighted by Gasteiger charge is -2.38. The molecule has 2 aliphatic heterocycles. The number of hydrogen-bond donors (Lipinski definition) is 0. The molecular formula is C20H24N2O4. The van der Waals surface area contributed by atoms with Crippen LogP contribution in [0, 0.1) is 0 Å². The molecule has 1 spiro atoms. The molecule has 0 aromatic carbocycles. The van der Waals surface area contributed by atoms with Gasteiger partial charge in [-0.15, -0.1) is 0 Å². The monoisotopic (exact) mass is 356 g/mol. The Labute approximate surface area is 153 Å². The van der Waals surface area contributed by atoms with E-state index >= 15 is 0 Å². The van der Waals surface area contributed by atoms with E-state index in [1.54, 1.807) is 12.5 Å². The zero-order valence-corrected chi connectivity index (χ0v) is 14.8. The van der Waals surface area contributed by atoms with Crippen LogP contribution < -0.4 is 0 Å². The zero-order valence-electron chi connectivity index (χ0n) is 14.8. The Morgan fingerprint density at radius 1 is 1.31 bits per heavy atom. The van der Waals surface area contributed by atoms with Crippen LogP contribution in [0.15, 0.2) is 47.3 Å². The number of aromatic nitrogens is 1. The fraction of sp³-hybridized carbons (Fsp3) is 0.500. The van der Waals surface area contributed by atoms with Crippen molar-refractivity contribution in [3.63, 3.8) is 0 Å². The number of hydrogen-bond acceptors (Lipinski definition) is 5. The summed E-state index contributed by atoms with van der Waals surface area (Å²) in [4.78, 5) is 18.4. The summed E-state index contributed by atoms with van der Waals surface area (Å²) in [5.41, 5.74) is 0.938. The van der Waals surface area contributed by atoms with Crippen molar-refractivity contribution in [3.05, 3.63) is 54.2 Å². The molecule has 0 unspecified atom stereocenters. The van der Waals surface area contributed by atoms with Gasteiger partial charge in [0.05, 0.1) is 37.6 Å². The van der Waals surface area contributed by atoms with Crippen molar-refractivity contribution in [3.8, 4) is 0 Å². The van der Waals surface area contributed by atoms with E-state index in [0.717, 1.165) is 43.7 Å². The third-order valence-corrected chi connectivity index (χ3v) is 5.32. The van der Waals surface area contributed by atoms with Crippen molar-refractivity contribution in [1.29, 1.82) is 0 Å². The van der Waals surface area contributed by atoms with Crippen LogP contribution in [0.25, 0.3) is 0 Å². The lowest BCUT2D eigenvalue weighted by Crippen LogP contribution is -2.47. The highest BCUT2D eigenvalue weighted by molar-refractivity contribution is 5.78. The number of carbonyl (C=O) groups excluding carboxylic acids is 1. The number of amides is 1. The van der Waals surface area contributed by atoms with Crippen LogP contribution in [0.2, 0.25) is 0 Å². The Kier molecular flexibility index (Phi) is 5.04. The lowest BCUT2D eigenvalue weighted by atomic mass is 9.88. The van der Waals surface area contributed by atoms with Gasteiger partial charge in [-0.05, 0) is 36.6 Å². The smallest absolute Gasteiger partial charge is 0.230 e. The zero-order chi connectivity index (χ0) is 17.8. The standard InChI is InChI=1S/C20H24N2O4/c23-19(11-17-4-2-10-24-17)22-8-5-20(6-9-22)12-18(15-26-20)25-14-16-3-1-7-21-13-16/h1-4,7,10,13,18H,5-6,8-9,11-12,14-15H2/t18-/m1/s1. The molecule has 0 aliphatic carbocycles. The van der Waals surface area contributed by atoms with Gasteiger partial charge in [-0.1, -0.05) is 6.07 Å². The van der Waals surface area contributed by atoms with Gasteiger partial charge in [-0.3, -0.25) is 9.78 Å². The molecule has 0 radical (unpaired) electrons. The van der Waals surface area contributed by atoms with Gasteiger partial charge in [0, 0.05) is 31.9 Å². The Morgan fingerprint density at radius 2 is 2.19 bits per heavy atom. The Balaban J connectivity index is 1.24. The van der Waals surface area contributed by atoms with Gasteiger partial charge in [0.15, 0.2) is 0 Å². The summed E-state index contributed by atoms with van der Waals surface area (Å²) in [6.45, 7) is 2.65. The SMILES string of the molecule is O=C(Cc1ccco1)N1CCC2(CC1)C[C@@H](OCc1cccnc1)CO2. The highest BCUT2D eigenvalue weighted by atomic mass is 16.6. The van der Waals surface area contributed by atoms with Crippen LogP contribution in [0.4, 0.5) is 0 Å². The molecule has 6 heteroatoms. The second kappa shape index (κ2) is 7.60. The predicted octanol–water partition coefficient (Wildman–Crippen LogP) is 2.58. The summed E-state index contributed by atoms with van der Waals surface area (Å²) >= 11 is 0. The van der Waals surface area contributed by atoms with Crippen molar-refractivity contribution in [1.82, 2.24) is 9.88 Å². The fourth-order valence-corrected chi connectivity index (χ4v) is 3.79. The normalized spacial score (nSPS) is 22.0. The van der Waals surface area contributed by atoms with Crippen molar-refractivity contribution < 1.29 is 18.7 Å². The predicted molar refractivity (Wildman–Crippen MR) is 94.3 cm³/mol. The molecule has 26 heavy (non-hydrogen) atoms. The van der Waals surface area contributed by atoms with E-state index in [2.05, 4.69) is 4.98 Å². The number of rotatable bonds is 5. The quantitative estimate of drug-likeness (QED) is 0.824. The first-order valence-corrected chi connectivity index (χ1v) is 9.17. The number of likely N-dealkylation sites (tertiary alicyclic amines) is 1. The average Bonchev–Trinajstić information content (AvgIpc) is 3.32. The maximum atomic E-state index is 12.4. The van der Waals surface area contributed by atoms with E-state index in [0.29, 0.717) is 19.6 Å². The number of ether oxygens (including phenoxy) is 2. The maximum Gasteiger partial charge on any atom is 0.230 e. The summed E-state index contributed by atoms with van der Waals surface area (Å²) in [5.74, 6) is 0.841. The van der Waals surface area contributed by atoms with Crippen LogP contribution >= 0.6 is 0 Å². The second-order valence-corrected chi connectivity index (χ2v) is 7.13. The molecule has 138 valence electrons. The maximum absolute atomic E-state index is 12.4. The molecule has 2 aliphatic rings. The first-order valence-electron chi connectivity index (χ1n) is 9.17. The third-order valence-electron chi connectivity index (χ3n) is 5.32. The van der Waals surface area contributed by atoms with Crippen molar-refractivity contribution in [2.24, 2.45) is 0 Å². The number of piperidine rings is 1. The van der Waals surface area contributed by atoms with Gasteiger partial charge in [-0.25, -0.2) is 0 Å². The minimum Gasteiger partial charge on any atom is -0.469 e. The van der Waals surface area contributed by atoms with Crippen molar-refractivity contribution >= 4 is 5.91 Å². The van der Waals surface area contributed by atoms with Crippen molar-refractivity contribution in [2.45, 2.75) is 44.0 Å². The first kappa shape index (κ1) is 17.2. The van der Waals surface area contributed by atoms with Crippen LogP contribution in [-0.4, -0.2) is 47.2 Å². The molecule has 2 saturated heterocycles.